The smallest absolute Gasteiger partial charge is 0.247 e. The lowest BCUT2D eigenvalue weighted by Gasteiger charge is -2.17. The van der Waals surface area contributed by atoms with E-state index in [1.54, 1.807) is 25.1 Å². The Balaban J connectivity index is 2.48. The van der Waals surface area contributed by atoms with Gasteiger partial charge in [-0.15, -0.1) is 0 Å². The Hall–Kier alpha value is -0.990. The second-order valence-corrected chi connectivity index (χ2v) is 3.11. The van der Waals surface area contributed by atoms with Crippen LogP contribution in [0.1, 0.15) is 12.8 Å². The van der Waals surface area contributed by atoms with Gasteiger partial charge in [0.25, 0.3) is 0 Å². The lowest BCUT2D eigenvalue weighted by atomic mass is 10.1. The Morgan fingerprint density at radius 3 is 2.92 bits per heavy atom. The molecule has 1 N–H and O–H groups in total. The molecule has 1 saturated heterocycles. The number of nitrogens with one attached hydrogen (secondary N) is 1. The molecule has 0 aromatic rings. The first-order valence-electron chi connectivity index (χ1n) is 4.17. The molecule has 0 atom stereocenters. The van der Waals surface area contributed by atoms with Crippen molar-refractivity contribution < 1.29 is 4.79 Å². The number of hydrogen-bond acceptors (Lipinski definition) is 2. The molecule has 1 aliphatic heterocycles. The molecule has 1 radical (unpaired) electrons. The molecule has 1 aliphatic rings. The van der Waals surface area contributed by atoms with Gasteiger partial charge in [0.05, 0.1) is 0 Å². The van der Waals surface area contributed by atoms with Crippen molar-refractivity contribution in [1.29, 1.82) is 0 Å². The van der Waals surface area contributed by atoms with Gasteiger partial charge in [-0.05, 0) is 19.3 Å². The highest BCUT2D eigenvalue weighted by molar-refractivity contribution is 5.87. The van der Waals surface area contributed by atoms with Gasteiger partial charge in [0, 0.05) is 32.4 Å². The van der Waals surface area contributed by atoms with E-state index in [1.807, 2.05) is 0 Å². The van der Waals surface area contributed by atoms with Gasteiger partial charge in [0.1, 0.15) is 0 Å². The number of rotatable bonds is 1. The molecule has 0 aliphatic carbocycles. The molecule has 67 valence electrons. The van der Waals surface area contributed by atoms with Crippen molar-refractivity contribution in [3.63, 3.8) is 0 Å². The maximum atomic E-state index is 11.2. The summed E-state index contributed by atoms with van der Waals surface area (Å²) >= 11 is 0. The number of carbonyl (C=O) groups excluding carboxylic acids is 1. The second-order valence-electron chi connectivity index (χ2n) is 3.11. The summed E-state index contributed by atoms with van der Waals surface area (Å²) in [4.78, 5) is 12.8. The van der Waals surface area contributed by atoms with Crippen LogP contribution in [0, 0.1) is 6.42 Å². The number of amides is 1. The summed E-state index contributed by atoms with van der Waals surface area (Å²) in [5, 5.41) is 3.19. The molecule has 1 fully saturated rings. The van der Waals surface area contributed by atoms with E-state index in [9.17, 15) is 4.79 Å². The SMILES string of the molecule is CN(C)C(=O)/C=C1\C[CH]CCN1. The first-order chi connectivity index (χ1) is 5.70. The number of carbonyl (C=O) groups is 1. The summed E-state index contributed by atoms with van der Waals surface area (Å²) in [6.45, 7) is 0.951. The standard InChI is InChI=1S/C9H15N2O/c1-11(2)9(12)7-8-5-3-4-6-10-8/h3,7,10H,4-6H2,1-2H3/b8-7+. The van der Waals surface area contributed by atoms with Crippen LogP contribution in [0.15, 0.2) is 11.8 Å². The van der Waals surface area contributed by atoms with Crippen LogP contribution in [0.25, 0.3) is 0 Å². The third-order valence-corrected chi connectivity index (χ3v) is 1.80. The van der Waals surface area contributed by atoms with Gasteiger partial charge >= 0.3 is 0 Å². The molecular weight excluding hydrogens is 152 g/mol. The zero-order valence-corrected chi connectivity index (χ0v) is 7.63. The number of likely N-dealkylation sites (N-methyl/N-ethyl adjacent to an activating group) is 1. The summed E-state index contributed by atoms with van der Waals surface area (Å²) < 4.78 is 0. The minimum absolute atomic E-state index is 0.0489. The summed E-state index contributed by atoms with van der Waals surface area (Å²) in [5.41, 5.74) is 1.03. The van der Waals surface area contributed by atoms with Crippen molar-refractivity contribution in [2.24, 2.45) is 0 Å². The quantitative estimate of drug-likeness (QED) is 0.578. The second kappa shape index (κ2) is 4.14. The molecule has 0 unspecified atom stereocenters. The Morgan fingerprint density at radius 1 is 1.67 bits per heavy atom. The van der Waals surface area contributed by atoms with Crippen molar-refractivity contribution in [3.05, 3.63) is 18.2 Å². The monoisotopic (exact) mass is 167 g/mol. The van der Waals surface area contributed by atoms with E-state index in [4.69, 9.17) is 0 Å². The summed E-state index contributed by atoms with van der Waals surface area (Å²) in [5.74, 6) is 0.0489. The summed E-state index contributed by atoms with van der Waals surface area (Å²) in [7, 11) is 3.51. The fraction of sp³-hybridized carbons (Fsp3) is 0.556. The van der Waals surface area contributed by atoms with Crippen molar-refractivity contribution in [1.82, 2.24) is 10.2 Å². The maximum absolute atomic E-state index is 11.2. The number of piperidine rings is 1. The predicted octanol–water partition coefficient (Wildman–Crippen LogP) is 0.546. The lowest BCUT2D eigenvalue weighted by molar-refractivity contribution is -0.123. The van der Waals surface area contributed by atoms with Gasteiger partial charge < -0.3 is 10.2 Å². The van der Waals surface area contributed by atoms with E-state index in [0.717, 1.165) is 25.1 Å². The van der Waals surface area contributed by atoms with Crippen molar-refractivity contribution in [3.8, 4) is 0 Å². The predicted molar refractivity (Wildman–Crippen MR) is 48.3 cm³/mol. The highest BCUT2D eigenvalue weighted by atomic mass is 16.2. The van der Waals surface area contributed by atoms with Crippen molar-refractivity contribution in [2.45, 2.75) is 12.8 Å². The largest absolute Gasteiger partial charge is 0.388 e. The molecule has 0 bridgehead atoms. The summed E-state index contributed by atoms with van der Waals surface area (Å²) in [6.07, 6.45) is 5.83. The van der Waals surface area contributed by atoms with Crippen LogP contribution in [0.3, 0.4) is 0 Å². The first-order valence-corrected chi connectivity index (χ1v) is 4.17. The minimum atomic E-state index is 0.0489. The zero-order chi connectivity index (χ0) is 8.97. The Labute approximate surface area is 73.4 Å². The number of hydrogen-bond donors (Lipinski definition) is 1. The summed E-state index contributed by atoms with van der Waals surface area (Å²) in [6, 6.07) is 0. The molecule has 1 amide bonds. The molecule has 1 rings (SSSR count). The van der Waals surface area contributed by atoms with Gasteiger partial charge in [-0.1, -0.05) is 0 Å². The van der Waals surface area contributed by atoms with Crippen LogP contribution in [0.2, 0.25) is 0 Å². The average Bonchev–Trinajstić information content (AvgIpc) is 2.06. The molecule has 0 saturated carbocycles. The van der Waals surface area contributed by atoms with Gasteiger partial charge in [-0.25, -0.2) is 0 Å². The number of nitrogens with zero attached hydrogens (tertiary/aromatic N) is 1. The van der Waals surface area contributed by atoms with Crippen LogP contribution in [0.4, 0.5) is 0 Å². The molecule has 3 heteroatoms. The highest BCUT2D eigenvalue weighted by Gasteiger charge is 2.07. The van der Waals surface area contributed by atoms with Gasteiger partial charge in [0.2, 0.25) is 5.91 Å². The van der Waals surface area contributed by atoms with E-state index < -0.39 is 0 Å². The normalized spacial score (nSPS) is 20.3. The molecule has 0 spiro atoms. The van der Waals surface area contributed by atoms with Crippen LogP contribution < -0.4 is 5.32 Å². The lowest BCUT2D eigenvalue weighted by Crippen LogP contribution is -2.25. The molecule has 1 heterocycles. The maximum Gasteiger partial charge on any atom is 0.247 e. The van der Waals surface area contributed by atoms with E-state index in [-0.39, 0.29) is 5.91 Å². The molecule has 3 nitrogen and oxygen atoms in total. The van der Waals surface area contributed by atoms with Crippen molar-refractivity contribution in [2.75, 3.05) is 20.6 Å². The molecule has 0 aromatic heterocycles. The third kappa shape index (κ3) is 2.57. The first kappa shape index (κ1) is 9.10. The fourth-order valence-electron chi connectivity index (χ4n) is 1.05. The van der Waals surface area contributed by atoms with Crippen LogP contribution in [-0.2, 0) is 4.79 Å². The van der Waals surface area contributed by atoms with E-state index in [0.29, 0.717) is 0 Å². The van der Waals surface area contributed by atoms with Crippen LogP contribution in [0.5, 0.6) is 0 Å². The van der Waals surface area contributed by atoms with E-state index in [1.165, 1.54) is 0 Å². The van der Waals surface area contributed by atoms with Gasteiger partial charge in [-0.2, -0.15) is 0 Å². The Bertz CT molecular complexity index is 189. The zero-order valence-electron chi connectivity index (χ0n) is 7.63. The number of allylic oxidation sites excluding steroid dienone is 1. The third-order valence-electron chi connectivity index (χ3n) is 1.80. The minimum Gasteiger partial charge on any atom is -0.388 e. The Morgan fingerprint density at radius 2 is 2.42 bits per heavy atom. The average molecular weight is 167 g/mol. The van der Waals surface area contributed by atoms with Gasteiger partial charge in [-0.3, -0.25) is 4.79 Å². The van der Waals surface area contributed by atoms with Crippen molar-refractivity contribution >= 4 is 5.91 Å². The van der Waals surface area contributed by atoms with E-state index in [2.05, 4.69) is 11.7 Å². The Kier molecular flexibility index (Phi) is 3.14. The topological polar surface area (TPSA) is 32.3 Å². The molecule has 12 heavy (non-hydrogen) atoms. The molecular formula is C9H15N2O. The molecule has 0 aromatic carbocycles. The van der Waals surface area contributed by atoms with Crippen LogP contribution >= 0.6 is 0 Å². The van der Waals surface area contributed by atoms with Gasteiger partial charge in [0.15, 0.2) is 0 Å². The highest BCUT2D eigenvalue weighted by Crippen LogP contribution is 2.08. The fourth-order valence-corrected chi connectivity index (χ4v) is 1.05. The van der Waals surface area contributed by atoms with Crippen LogP contribution in [-0.4, -0.2) is 31.4 Å². The van der Waals surface area contributed by atoms with E-state index >= 15 is 0 Å².